The molecule has 8 heteroatoms. The van der Waals surface area contributed by atoms with Gasteiger partial charge in [-0.3, -0.25) is 0 Å². The molecule has 0 fully saturated rings. The highest BCUT2D eigenvalue weighted by molar-refractivity contribution is 7.99. The second-order valence-corrected chi connectivity index (χ2v) is 4.17. The standard InChI is InChI=1S/C8H17N5O2S/c1-2-9-3-4-13-8(10-11-12-13)16-6-7(15)5-14/h7,9,14-15H,2-6H2,1H3. The fourth-order valence-electron chi connectivity index (χ4n) is 1.03. The van der Waals surface area contributed by atoms with Crippen LogP contribution in [0.15, 0.2) is 5.16 Å². The summed E-state index contributed by atoms with van der Waals surface area (Å²) in [6.45, 7) is 4.20. The zero-order valence-corrected chi connectivity index (χ0v) is 10.0. The number of hydrogen-bond acceptors (Lipinski definition) is 7. The van der Waals surface area contributed by atoms with Crippen LogP contribution >= 0.6 is 11.8 Å². The molecule has 0 saturated carbocycles. The molecular formula is C8H17N5O2S. The van der Waals surface area contributed by atoms with E-state index in [1.807, 2.05) is 6.92 Å². The molecule has 1 rings (SSSR count). The summed E-state index contributed by atoms with van der Waals surface area (Å²) in [7, 11) is 0. The Balaban J connectivity index is 2.37. The van der Waals surface area contributed by atoms with Gasteiger partial charge in [-0.05, 0) is 17.0 Å². The highest BCUT2D eigenvalue weighted by atomic mass is 32.2. The molecule has 0 saturated heterocycles. The minimum atomic E-state index is -0.732. The van der Waals surface area contributed by atoms with Gasteiger partial charge in [0.2, 0.25) is 5.16 Å². The summed E-state index contributed by atoms with van der Waals surface area (Å²) in [5.74, 6) is 0.387. The van der Waals surface area contributed by atoms with E-state index < -0.39 is 6.10 Å². The Kier molecular flexibility index (Phi) is 6.31. The molecule has 0 spiro atoms. The maximum Gasteiger partial charge on any atom is 0.209 e. The van der Waals surface area contributed by atoms with Crippen molar-refractivity contribution in [2.45, 2.75) is 24.7 Å². The normalized spacial score (nSPS) is 12.9. The van der Waals surface area contributed by atoms with Gasteiger partial charge >= 0.3 is 0 Å². The van der Waals surface area contributed by atoms with E-state index in [0.717, 1.165) is 13.1 Å². The molecule has 0 amide bonds. The molecule has 0 aromatic carbocycles. The fourth-order valence-corrected chi connectivity index (χ4v) is 1.84. The average Bonchev–Trinajstić information content (AvgIpc) is 2.74. The Morgan fingerprint density at radius 1 is 1.56 bits per heavy atom. The first kappa shape index (κ1) is 13.4. The van der Waals surface area contributed by atoms with Crippen molar-refractivity contribution >= 4 is 11.8 Å². The lowest BCUT2D eigenvalue weighted by molar-refractivity contribution is 0.113. The van der Waals surface area contributed by atoms with E-state index in [4.69, 9.17) is 5.11 Å². The number of nitrogens with one attached hydrogen (secondary N) is 1. The van der Waals surface area contributed by atoms with Crippen molar-refractivity contribution in [1.29, 1.82) is 0 Å². The summed E-state index contributed by atoms with van der Waals surface area (Å²) in [4.78, 5) is 0. The first-order valence-corrected chi connectivity index (χ1v) is 6.15. The van der Waals surface area contributed by atoms with E-state index in [9.17, 15) is 5.11 Å². The van der Waals surface area contributed by atoms with E-state index in [1.54, 1.807) is 4.68 Å². The van der Waals surface area contributed by atoms with Gasteiger partial charge in [-0.2, -0.15) is 0 Å². The molecule has 0 aliphatic heterocycles. The van der Waals surface area contributed by atoms with Gasteiger partial charge < -0.3 is 15.5 Å². The molecule has 1 unspecified atom stereocenters. The lowest BCUT2D eigenvalue weighted by atomic mass is 10.4. The third-order valence-electron chi connectivity index (χ3n) is 1.86. The van der Waals surface area contributed by atoms with Crippen LogP contribution < -0.4 is 5.32 Å². The Morgan fingerprint density at radius 2 is 2.38 bits per heavy atom. The smallest absolute Gasteiger partial charge is 0.209 e. The average molecular weight is 247 g/mol. The molecular weight excluding hydrogens is 230 g/mol. The molecule has 0 radical (unpaired) electrons. The van der Waals surface area contributed by atoms with Crippen molar-refractivity contribution < 1.29 is 10.2 Å². The van der Waals surface area contributed by atoms with E-state index in [1.165, 1.54) is 11.8 Å². The SMILES string of the molecule is CCNCCn1nnnc1SCC(O)CO. The molecule has 1 heterocycles. The summed E-state index contributed by atoms with van der Waals surface area (Å²) < 4.78 is 1.68. The van der Waals surface area contributed by atoms with Crippen molar-refractivity contribution in [2.75, 3.05) is 25.4 Å². The van der Waals surface area contributed by atoms with Crippen LogP contribution in [0.3, 0.4) is 0 Å². The number of likely N-dealkylation sites (N-methyl/N-ethyl adjacent to an activating group) is 1. The highest BCUT2D eigenvalue weighted by Gasteiger charge is 2.09. The van der Waals surface area contributed by atoms with Crippen LogP contribution in [0.4, 0.5) is 0 Å². The first-order valence-electron chi connectivity index (χ1n) is 5.16. The number of aromatic nitrogens is 4. The zero-order valence-electron chi connectivity index (χ0n) is 9.20. The van der Waals surface area contributed by atoms with Gasteiger partial charge in [-0.25, -0.2) is 4.68 Å². The predicted molar refractivity (Wildman–Crippen MR) is 60.2 cm³/mol. The molecule has 1 atom stereocenters. The van der Waals surface area contributed by atoms with Gasteiger partial charge in [-0.1, -0.05) is 18.7 Å². The first-order chi connectivity index (χ1) is 7.77. The molecule has 0 aliphatic carbocycles. The van der Waals surface area contributed by atoms with Gasteiger partial charge in [0.25, 0.3) is 0 Å². The van der Waals surface area contributed by atoms with Crippen LogP contribution in [0.5, 0.6) is 0 Å². The molecule has 1 aromatic rings. The summed E-state index contributed by atoms with van der Waals surface area (Å²) in [5, 5.41) is 33.0. The maximum atomic E-state index is 9.20. The number of aliphatic hydroxyl groups is 2. The largest absolute Gasteiger partial charge is 0.394 e. The number of thioether (sulfide) groups is 1. The topological polar surface area (TPSA) is 96.1 Å². The molecule has 16 heavy (non-hydrogen) atoms. The monoisotopic (exact) mass is 247 g/mol. The number of aliphatic hydroxyl groups excluding tert-OH is 2. The van der Waals surface area contributed by atoms with Crippen LogP contribution in [-0.4, -0.2) is 62.0 Å². The third-order valence-corrected chi connectivity index (χ3v) is 2.97. The lowest BCUT2D eigenvalue weighted by Gasteiger charge is -2.06. The second-order valence-electron chi connectivity index (χ2n) is 3.19. The zero-order chi connectivity index (χ0) is 11.8. The van der Waals surface area contributed by atoms with E-state index in [2.05, 4.69) is 20.8 Å². The van der Waals surface area contributed by atoms with Crippen molar-refractivity contribution in [3.63, 3.8) is 0 Å². The van der Waals surface area contributed by atoms with Crippen LogP contribution in [0.25, 0.3) is 0 Å². The molecule has 1 aromatic heterocycles. The number of hydrogen-bond donors (Lipinski definition) is 3. The molecule has 0 aliphatic rings. The third kappa shape index (κ3) is 4.44. The van der Waals surface area contributed by atoms with E-state index in [0.29, 0.717) is 17.5 Å². The minimum Gasteiger partial charge on any atom is -0.394 e. The highest BCUT2D eigenvalue weighted by Crippen LogP contribution is 2.14. The van der Waals surface area contributed by atoms with Gasteiger partial charge in [0.15, 0.2) is 0 Å². The Morgan fingerprint density at radius 3 is 3.06 bits per heavy atom. The fraction of sp³-hybridized carbons (Fsp3) is 0.875. The summed E-state index contributed by atoms with van der Waals surface area (Å²) >= 11 is 1.33. The predicted octanol–water partition coefficient (Wildman–Crippen LogP) is -1.27. The van der Waals surface area contributed by atoms with Crippen molar-refractivity contribution in [2.24, 2.45) is 0 Å². The minimum absolute atomic E-state index is 0.244. The Hall–Kier alpha value is -0.700. The van der Waals surface area contributed by atoms with Crippen molar-refractivity contribution in [3.8, 4) is 0 Å². The second kappa shape index (κ2) is 7.55. The van der Waals surface area contributed by atoms with Gasteiger partial charge in [0.05, 0.1) is 19.3 Å². The molecule has 7 nitrogen and oxygen atoms in total. The van der Waals surface area contributed by atoms with E-state index >= 15 is 0 Å². The van der Waals surface area contributed by atoms with Gasteiger partial charge in [0, 0.05) is 12.3 Å². The quantitative estimate of drug-likeness (QED) is 0.389. The number of rotatable bonds is 8. The Bertz CT molecular complexity index is 296. The summed E-state index contributed by atoms with van der Waals surface area (Å²) in [6.07, 6.45) is -0.732. The van der Waals surface area contributed by atoms with Crippen LogP contribution in [-0.2, 0) is 6.54 Å². The number of tetrazole rings is 1. The summed E-state index contributed by atoms with van der Waals surface area (Å²) in [6, 6.07) is 0. The van der Waals surface area contributed by atoms with Crippen LogP contribution in [0.1, 0.15) is 6.92 Å². The Labute approximate surface area is 98.2 Å². The molecule has 0 bridgehead atoms. The maximum absolute atomic E-state index is 9.20. The number of nitrogens with zero attached hydrogens (tertiary/aromatic N) is 4. The molecule has 92 valence electrons. The molecule has 3 N–H and O–H groups in total. The van der Waals surface area contributed by atoms with Gasteiger partial charge in [0.1, 0.15) is 0 Å². The van der Waals surface area contributed by atoms with E-state index in [-0.39, 0.29) is 6.61 Å². The summed E-state index contributed by atoms with van der Waals surface area (Å²) in [5.41, 5.74) is 0. The van der Waals surface area contributed by atoms with Gasteiger partial charge in [-0.15, -0.1) is 5.10 Å². The lowest BCUT2D eigenvalue weighted by Crippen LogP contribution is -2.21. The van der Waals surface area contributed by atoms with Crippen LogP contribution in [0.2, 0.25) is 0 Å². The van der Waals surface area contributed by atoms with Crippen molar-refractivity contribution in [3.05, 3.63) is 0 Å². The van der Waals surface area contributed by atoms with Crippen molar-refractivity contribution in [1.82, 2.24) is 25.5 Å². The van der Waals surface area contributed by atoms with Crippen LogP contribution in [0, 0.1) is 0 Å².